The van der Waals surface area contributed by atoms with E-state index >= 15 is 0 Å². The lowest BCUT2D eigenvalue weighted by Gasteiger charge is -2.25. The van der Waals surface area contributed by atoms with Crippen molar-refractivity contribution in [3.8, 4) is 6.07 Å². The average Bonchev–Trinajstić information content (AvgIpc) is 3.28. The van der Waals surface area contributed by atoms with E-state index in [1.165, 1.54) is 22.5 Å². The van der Waals surface area contributed by atoms with Gasteiger partial charge in [0.2, 0.25) is 10.0 Å². The molecule has 2 aromatic rings. The number of nitrogens with zero attached hydrogens (tertiary/aromatic N) is 4. The molecule has 0 radical (unpaired) electrons. The normalized spacial score (nSPS) is 22.5. The predicted octanol–water partition coefficient (Wildman–Crippen LogP) is 2.87. The van der Waals surface area contributed by atoms with Crippen LogP contribution in [-0.4, -0.2) is 43.4 Å². The van der Waals surface area contributed by atoms with E-state index in [4.69, 9.17) is 0 Å². The molecule has 152 valence electrons. The van der Waals surface area contributed by atoms with Gasteiger partial charge in [-0.2, -0.15) is 22.7 Å². The van der Waals surface area contributed by atoms with Crippen LogP contribution in [0.25, 0.3) is 0 Å². The van der Waals surface area contributed by atoms with Crippen LogP contribution in [0.5, 0.6) is 0 Å². The van der Waals surface area contributed by atoms with Crippen LogP contribution in [0.15, 0.2) is 47.5 Å². The second-order valence-electron chi connectivity index (χ2n) is 7.15. The van der Waals surface area contributed by atoms with Gasteiger partial charge in [0.1, 0.15) is 11.9 Å². The standard InChI is InChI=1S/C19H17F3N4O2S/c20-19(21,22)15-5-6-18(24-10-15)25-11-14-7-8-26(16(14)12-25)29(27,28)17-4-2-1-3-13(17)9-23/h1-6,10,14,16H,7-8,11-12H2. The van der Waals surface area contributed by atoms with Crippen LogP contribution in [0, 0.1) is 17.2 Å². The van der Waals surface area contributed by atoms with Crippen molar-refractivity contribution in [3.05, 3.63) is 53.7 Å². The summed E-state index contributed by atoms with van der Waals surface area (Å²) in [6.45, 7) is 1.22. The first-order valence-electron chi connectivity index (χ1n) is 9.01. The van der Waals surface area contributed by atoms with E-state index in [1.807, 2.05) is 11.0 Å². The number of alkyl halides is 3. The van der Waals surface area contributed by atoms with Gasteiger partial charge in [-0.25, -0.2) is 13.4 Å². The number of pyridine rings is 1. The first-order valence-corrected chi connectivity index (χ1v) is 10.4. The predicted molar refractivity (Wildman–Crippen MR) is 98.4 cm³/mol. The van der Waals surface area contributed by atoms with Crippen molar-refractivity contribution < 1.29 is 21.6 Å². The number of nitriles is 1. The Morgan fingerprint density at radius 2 is 1.90 bits per heavy atom. The molecular weight excluding hydrogens is 405 g/mol. The zero-order chi connectivity index (χ0) is 20.8. The molecule has 0 bridgehead atoms. The van der Waals surface area contributed by atoms with Crippen molar-refractivity contribution in [1.82, 2.24) is 9.29 Å². The lowest BCUT2D eigenvalue weighted by Crippen LogP contribution is -2.40. The van der Waals surface area contributed by atoms with Crippen LogP contribution >= 0.6 is 0 Å². The Morgan fingerprint density at radius 1 is 1.14 bits per heavy atom. The zero-order valence-corrected chi connectivity index (χ0v) is 16.0. The van der Waals surface area contributed by atoms with Crippen LogP contribution < -0.4 is 4.90 Å². The molecule has 2 aliphatic rings. The van der Waals surface area contributed by atoms with E-state index in [9.17, 15) is 26.9 Å². The summed E-state index contributed by atoms with van der Waals surface area (Å²) in [5.41, 5.74) is -0.729. The molecule has 2 atom stereocenters. The monoisotopic (exact) mass is 422 g/mol. The highest BCUT2D eigenvalue weighted by atomic mass is 32.2. The van der Waals surface area contributed by atoms with Gasteiger partial charge in [-0.3, -0.25) is 0 Å². The van der Waals surface area contributed by atoms with Gasteiger partial charge in [0.05, 0.1) is 16.0 Å². The van der Waals surface area contributed by atoms with Crippen molar-refractivity contribution in [1.29, 1.82) is 5.26 Å². The molecule has 4 rings (SSSR count). The summed E-state index contributed by atoms with van der Waals surface area (Å²) in [5, 5.41) is 9.25. The number of fused-ring (bicyclic) bond motifs is 1. The summed E-state index contributed by atoms with van der Waals surface area (Å²) in [5.74, 6) is 0.449. The highest BCUT2D eigenvalue weighted by molar-refractivity contribution is 7.89. The molecule has 1 aromatic heterocycles. The second kappa shape index (κ2) is 7.00. The molecule has 10 heteroatoms. The fourth-order valence-corrected chi connectivity index (χ4v) is 5.90. The molecule has 3 heterocycles. The maximum absolute atomic E-state index is 13.2. The Hall–Kier alpha value is -2.64. The van der Waals surface area contributed by atoms with Crippen molar-refractivity contribution in [2.75, 3.05) is 24.5 Å². The van der Waals surface area contributed by atoms with E-state index in [0.29, 0.717) is 31.9 Å². The number of aromatic nitrogens is 1. The molecule has 2 aliphatic heterocycles. The van der Waals surface area contributed by atoms with E-state index in [-0.39, 0.29) is 22.4 Å². The van der Waals surface area contributed by atoms with E-state index < -0.39 is 21.8 Å². The van der Waals surface area contributed by atoms with Crippen molar-refractivity contribution in [3.63, 3.8) is 0 Å². The maximum Gasteiger partial charge on any atom is 0.417 e. The minimum absolute atomic E-state index is 0.0192. The third-order valence-electron chi connectivity index (χ3n) is 5.49. The number of anilines is 1. The van der Waals surface area contributed by atoms with Crippen LogP contribution in [-0.2, 0) is 16.2 Å². The first-order chi connectivity index (χ1) is 13.7. The summed E-state index contributed by atoms with van der Waals surface area (Å²) in [4.78, 5) is 5.72. The molecule has 0 aliphatic carbocycles. The molecule has 2 fully saturated rings. The SMILES string of the molecule is N#Cc1ccccc1S(=O)(=O)N1CCC2CN(c3ccc(C(F)(F)F)cn3)CC21. The smallest absolute Gasteiger partial charge is 0.355 e. The summed E-state index contributed by atoms with van der Waals surface area (Å²) in [7, 11) is -3.85. The second-order valence-corrected chi connectivity index (χ2v) is 9.01. The largest absolute Gasteiger partial charge is 0.417 e. The molecule has 0 N–H and O–H groups in total. The molecule has 0 spiro atoms. The van der Waals surface area contributed by atoms with Crippen LogP contribution in [0.1, 0.15) is 17.5 Å². The average molecular weight is 422 g/mol. The number of rotatable bonds is 3. The van der Waals surface area contributed by atoms with Gasteiger partial charge >= 0.3 is 6.18 Å². The van der Waals surface area contributed by atoms with Gasteiger partial charge in [-0.05, 0) is 36.6 Å². The zero-order valence-electron chi connectivity index (χ0n) is 15.2. The molecule has 1 aromatic carbocycles. The molecular formula is C19H17F3N4O2S. The maximum atomic E-state index is 13.2. The van der Waals surface area contributed by atoms with E-state index in [0.717, 1.165) is 12.3 Å². The van der Waals surface area contributed by atoms with Crippen molar-refractivity contribution >= 4 is 15.8 Å². The van der Waals surface area contributed by atoms with Gasteiger partial charge < -0.3 is 4.90 Å². The number of sulfonamides is 1. The van der Waals surface area contributed by atoms with E-state index in [2.05, 4.69) is 4.98 Å². The summed E-state index contributed by atoms with van der Waals surface area (Å²) in [6, 6.07) is 9.98. The molecule has 0 saturated carbocycles. The quantitative estimate of drug-likeness (QED) is 0.760. The molecule has 2 saturated heterocycles. The van der Waals surface area contributed by atoms with Crippen LogP contribution in [0.3, 0.4) is 0 Å². The van der Waals surface area contributed by atoms with E-state index in [1.54, 1.807) is 12.1 Å². The Bertz CT molecular complexity index is 1060. The fourth-order valence-electron chi connectivity index (χ4n) is 4.06. The lowest BCUT2D eigenvalue weighted by atomic mass is 10.1. The number of hydrogen-bond acceptors (Lipinski definition) is 5. The first kappa shape index (κ1) is 19.7. The van der Waals surface area contributed by atoms with Gasteiger partial charge in [-0.15, -0.1) is 0 Å². The lowest BCUT2D eigenvalue weighted by molar-refractivity contribution is -0.137. The van der Waals surface area contributed by atoms with Gasteiger partial charge in [0, 0.05) is 31.9 Å². The van der Waals surface area contributed by atoms with Crippen molar-refractivity contribution in [2.45, 2.75) is 23.5 Å². The van der Waals surface area contributed by atoms with Gasteiger partial charge in [-0.1, -0.05) is 12.1 Å². The Morgan fingerprint density at radius 3 is 2.55 bits per heavy atom. The number of hydrogen-bond donors (Lipinski definition) is 0. The summed E-state index contributed by atoms with van der Waals surface area (Å²) < 4.78 is 66.0. The minimum Gasteiger partial charge on any atom is -0.355 e. The topological polar surface area (TPSA) is 77.3 Å². The Kier molecular flexibility index (Phi) is 4.75. The number of halogens is 3. The summed E-state index contributed by atoms with van der Waals surface area (Å²) in [6.07, 6.45) is -3.01. The molecule has 2 unspecified atom stereocenters. The molecule has 6 nitrogen and oxygen atoms in total. The van der Waals surface area contributed by atoms with Crippen LogP contribution in [0.2, 0.25) is 0 Å². The molecule has 29 heavy (non-hydrogen) atoms. The molecule has 0 amide bonds. The minimum atomic E-state index is -4.45. The van der Waals surface area contributed by atoms with Crippen LogP contribution in [0.4, 0.5) is 19.0 Å². The summed E-state index contributed by atoms with van der Waals surface area (Å²) >= 11 is 0. The van der Waals surface area contributed by atoms with Gasteiger partial charge in [0.25, 0.3) is 0 Å². The third-order valence-corrected chi connectivity index (χ3v) is 7.47. The Labute approximate surface area is 166 Å². The number of benzene rings is 1. The highest BCUT2D eigenvalue weighted by Gasteiger charge is 2.47. The Balaban J connectivity index is 1.57. The highest BCUT2D eigenvalue weighted by Crippen LogP contribution is 2.38. The fraction of sp³-hybridized carbons (Fsp3) is 0.368. The third kappa shape index (κ3) is 3.45. The van der Waals surface area contributed by atoms with Gasteiger partial charge in [0.15, 0.2) is 0 Å². The van der Waals surface area contributed by atoms with Crippen molar-refractivity contribution in [2.24, 2.45) is 5.92 Å².